The molecule has 0 aromatic carbocycles. The minimum Gasteiger partial charge on any atom is -0.330 e. The Morgan fingerprint density at radius 2 is 1.44 bits per heavy atom. The first-order valence-corrected chi connectivity index (χ1v) is 8.25. The van der Waals surface area contributed by atoms with Gasteiger partial charge in [-0.05, 0) is 56.0 Å². The van der Waals surface area contributed by atoms with Gasteiger partial charge in [-0.3, -0.25) is 0 Å². The van der Waals surface area contributed by atoms with Crippen LogP contribution in [0.25, 0.3) is 0 Å². The van der Waals surface area contributed by atoms with E-state index in [4.69, 9.17) is 11.5 Å². The lowest BCUT2D eigenvalue weighted by Gasteiger charge is -2.33. The van der Waals surface area contributed by atoms with Crippen molar-refractivity contribution in [2.75, 3.05) is 13.1 Å². The second-order valence-electron chi connectivity index (χ2n) is 6.68. The zero-order valence-electron chi connectivity index (χ0n) is 11.9. The standard InChI is InChI=1S/C16H32N2/c17-11-13-6-5-9-15(12-18)16(10-13)14-7-3-1-2-4-8-14/h13-16H,1-12,17-18H2. The van der Waals surface area contributed by atoms with Gasteiger partial charge in [0.2, 0.25) is 0 Å². The first kappa shape index (κ1) is 14.3. The maximum Gasteiger partial charge on any atom is -0.00461 e. The van der Waals surface area contributed by atoms with E-state index in [1.807, 2.05) is 0 Å². The molecule has 0 amide bonds. The molecule has 0 aromatic rings. The quantitative estimate of drug-likeness (QED) is 0.757. The van der Waals surface area contributed by atoms with Crippen LogP contribution >= 0.6 is 0 Å². The molecule has 0 heterocycles. The Hall–Kier alpha value is -0.0800. The van der Waals surface area contributed by atoms with Gasteiger partial charge in [0, 0.05) is 0 Å². The van der Waals surface area contributed by atoms with Gasteiger partial charge >= 0.3 is 0 Å². The van der Waals surface area contributed by atoms with E-state index in [1.165, 1.54) is 64.2 Å². The van der Waals surface area contributed by atoms with Gasteiger partial charge in [0.1, 0.15) is 0 Å². The van der Waals surface area contributed by atoms with E-state index in [2.05, 4.69) is 0 Å². The Morgan fingerprint density at radius 3 is 2.06 bits per heavy atom. The van der Waals surface area contributed by atoms with E-state index in [0.29, 0.717) is 0 Å². The highest BCUT2D eigenvalue weighted by atomic mass is 14.6. The van der Waals surface area contributed by atoms with Crippen LogP contribution in [0.2, 0.25) is 0 Å². The largest absolute Gasteiger partial charge is 0.330 e. The van der Waals surface area contributed by atoms with Gasteiger partial charge in [-0.1, -0.05) is 44.9 Å². The van der Waals surface area contributed by atoms with Crippen LogP contribution in [0.4, 0.5) is 0 Å². The molecular weight excluding hydrogens is 220 g/mol. The monoisotopic (exact) mass is 252 g/mol. The Kier molecular flexibility index (Phi) is 5.97. The molecule has 2 nitrogen and oxygen atoms in total. The Labute approximate surface area is 113 Å². The van der Waals surface area contributed by atoms with Crippen molar-refractivity contribution in [3.05, 3.63) is 0 Å². The molecule has 4 N–H and O–H groups in total. The highest BCUT2D eigenvalue weighted by Gasteiger charge is 2.32. The fourth-order valence-electron chi connectivity index (χ4n) is 4.40. The van der Waals surface area contributed by atoms with Gasteiger partial charge in [-0.25, -0.2) is 0 Å². The van der Waals surface area contributed by atoms with Crippen LogP contribution in [0.1, 0.15) is 64.2 Å². The normalized spacial score (nSPS) is 36.0. The predicted molar refractivity (Wildman–Crippen MR) is 78.2 cm³/mol. The lowest BCUT2D eigenvalue weighted by molar-refractivity contribution is 0.182. The van der Waals surface area contributed by atoms with Crippen LogP contribution in [0.3, 0.4) is 0 Å². The van der Waals surface area contributed by atoms with Crippen LogP contribution in [0, 0.1) is 23.7 Å². The van der Waals surface area contributed by atoms with Gasteiger partial charge in [-0.15, -0.1) is 0 Å². The highest BCUT2D eigenvalue weighted by molar-refractivity contribution is 4.84. The molecule has 3 atom stereocenters. The molecule has 3 unspecified atom stereocenters. The van der Waals surface area contributed by atoms with Crippen molar-refractivity contribution < 1.29 is 0 Å². The van der Waals surface area contributed by atoms with Crippen LogP contribution in [0.15, 0.2) is 0 Å². The minimum absolute atomic E-state index is 0.773. The van der Waals surface area contributed by atoms with Crippen LogP contribution in [-0.4, -0.2) is 13.1 Å². The van der Waals surface area contributed by atoms with Gasteiger partial charge < -0.3 is 11.5 Å². The molecule has 18 heavy (non-hydrogen) atoms. The van der Waals surface area contributed by atoms with Gasteiger partial charge in [0.05, 0.1) is 0 Å². The van der Waals surface area contributed by atoms with Crippen LogP contribution in [-0.2, 0) is 0 Å². The number of hydrogen-bond donors (Lipinski definition) is 2. The molecule has 0 bridgehead atoms. The van der Waals surface area contributed by atoms with E-state index in [9.17, 15) is 0 Å². The molecule has 2 rings (SSSR count). The molecule has 0 radical (unpaired) electrons. The first-order chi connectivity index (χ1) is 8.85. The maximum absolute atomic E-state index is 6.06. The number of hydrogen-bond acceptors (Lipinski definition) is 2. The molecule has 2 heteroatoms. The zero-order valence-corrected chi connectivity index (χ0v) is 11.9. The average Bonchev–Trinajstić information content (AvgIpc) is 2.78. The zero-order chi connectivity index (χ0) is 12.8. The van der Waals surface area contributed by atoms with E-state index in [1.54, 1.807) is 0 Å². The second kappa shape index (κ2) is 7.49. The van der Waals surface area contributed by atoms with Gasteiger partial charge in [-0.2, -0.15) is 0 Å². The number of nitrogens with two attached hydrogens (primary N) is 2. The van der Waals surface area contributed by atoms with E-state index < -0.39 is 0 Å². The smallest absolute Gasteiger partial charge is 0.00461 e. The fourth-order valence-corrected chi connectivity index (χ4v) is 4.40. The van der Waals surface area contributed by atoms with Crippen molar-refractivity contribution in [1.82, 2.24) is 0 Å². The van der Waals surface area contributed by atoms with Crippen LogP contribution < -0.4 is 11.5 Å². The second-order valence-corrected chi connectivity index (χ2v) is 6.68. The summed E-state index contributed by atoms with van der Waals surface area (Å²) in [5.74, 6) is 3.39. The molecule has 0 aliphatic heterocycles. The summed E-state index contributed by atoms with van der Waals surface area (Å²) in [5, 5.41) is 0. The molecular formula is C16H32N2. The Bertz CT molecular complexity index is 221. The van der Waals surface area contributed by atoms with E-state index in [-0.39, 0.29) is 0 Å². The molecule has 106 valence electrons. The molecule has 0 aromatic heterocycles. The van der Waals surface area contributed by atoms with Crippen molar-refractivity contribution in [2.24, 2.45) is 35.1 Å². The average molecular weight is 252 g/mol. The van der Waals surface area contributed by atoms with E-state index >= 15 is 0 Å². The van der Waals surface area contributed by atoms with Crippen molar-refractivity contribution in [3.8, 4) is 0 Å². The third-order valence-corrected chi connectivity index (χ3v) is 5.54. The molecule has 2 fully saturated rings. The first-order valence-electron chi connectivity index (χ1n) is 8.25. The molecule has 2 aliphatic rings. The predicted octanol–water partition coefficient (Wildman–Crippen LogP) is 3.30. The molecule has 2 aliphatic carbocycles. The Balaban J connectivity index is 2.02. The maximum atomic E-state index is 6.06. The SMILES string of the molecule is NCC1CCCC(CN)C(C2CCCCCC2)C1. The summed E-state index contributed by atoms with van der Waals surface area (Å²) in [5.41, 5.74) is 12.0. The molecule has 0 spiro atoms. The summed E-state index contributed by atoms with van der Waals surface area (Å²) in [6, 6.07) is 0. The van der Waals surface area contributed by atoms with E-state index in [0.717, 1.165) is 36.8 Å². The van der Waals surface area contributed by atoms with Crippen LogP contribution in [0.5, 0.6) is 0 Å². The topological polar surface area (TPSA) is 52.0 Å². The molecule has 2 saturated carbocycles. The Morgan fingerprint density at radius 1 is 0.722 bits per heavy atom. The van der Waals surface area contributed by atoms with Gasteiger partial charge in [0.25, 0.3) is 0 Å². The minimum atomic E-state index is 0.773. The summed E-state index contributed by atoms with van der Waals surface area (Å²) in [7, 11) is 0. The fraction of sp³-hybridized carbons (Fsp3) is 1.00. The van der Waals surface area contributed by atoms with Crippen molar-refractivity contribution in [2.45, 2.75) is 64.2 Å². The lowest BCUT2D eigenvalue weighted by Crippen LogP contribution is -2.30. The van der Waals surface area contributed by atoms with Crippen molar-refractivity contribution in [1.29, 1.82) is 0 Å². The third kappa shape index (κ3) is 3.71. The summed E-state index contributed by atoms with van der Waals surface area (Å²) in [4.78, 5) is 0. The summed E-state index contributed by atoms with van der Waals surface area (Å²) >= 11 is 0. The van der Waals surface area contributed by atoms with Crippen molar-refractivity contribution >= 4 is 0 Å². The number of rotatable bonds is 3. The third-order valence-electron chi connectivity index (χ3n) is 5.54. The summed E-state index contributed by atoms with van der Waals surface area (Å²) < 4.78 is 0. The lowest BCUT2D eigenvalue weighted by atomic mass is 9.74. The van der Waals surface area contributed by atoms with Gasteiger partial charge in [0.15, 0.2) is 0 Å². The van der Waals surface area contributed by atoms with Crippen molar-refractivity contribution in [3.63, 3.8) is 0 Å². The summed E-state index contributed by atoms with van der Waals surface area (Å²) in [6.45, 7) is 1.79. The summed E-state index contributed by atoms with van der Waals surface area (Å²) in [6.07, 6.45) is 14.1. The molecule has 0 saturated heterocycles. The highest BCUT2D eigenvalue weighted by Crippen LogP contribution is 2.41.